The van der Waals surface area contributed by atoms with Crippen LogP contribution in [-0.4, -0.2) is 65.0 Å². The molecule has 2 aromatic carbocycles. The monoisotopic (exact) mass is 405 g/mol. The zero-order valence-electron chi connectivity index (χ0n) is 17.6. The second kappa shape index (κ2) is 8.81. The summed E-state index contributed by atoms with van der Waals surface area (Å²) in [6.07, 6.45) is 1.86. The molecule has 156 valence electrons. The summed E-state index contributed by atoms with van der Waals surface area (Å²) in [5.74, 6) is 0.0217. The standard InChI is InChI=1S/C24H28N4O2/c1-18-8-9-20(16-19(18)2)23-22(17-28(25-23)21-6-4-3-5-7-21)24(30)27-12-10-26(11-13-27)14-15-29/h3-9,16-17,29H,10-15H2,1-2H3/p+1. The average molecular weight is 406 g/mol. The summed E-state index contributed by atoms with van der Waals surface area (Å²) < 4.78 is 1.80. The summed E-state index contributed by atoms with van der Waals surface area (Å²) in [5.41, 5.74) is 5.64. The first-order chi connectivity index (χ1) is 14.6. The molecule has 1 aliphatic rings. The molecule has 3 aromatic rings. The number of aliphatic hydroxyl groups is 1. The Morgan fingerprint density at radius 2 is 1.80 bits per heavy atom. The lowest BCUT2D eigenvalue weighted by molar-refractivity contribution is -0.904. The first-order valence-electron chi connectivity index (χ1n) is 10.5. The van der Waals surface area contributed by atoms with Gasteiger partial charge in [-0.3, -0.25) is 4.79 Å². The van der Waals surface area contributed by atoms with Gasteiger partial charge in [-0.1, -0.05) is 30.3 Å². The number of nitrogens with zero attached hydrogens (tertiary/aromatic N) is 3. The Kier molecular flexibility index (Phi) is 5.97. The first-order valence-corrected chi connectivity index (χ1v) is 10.5. The highest BCUT2D eigenvalue weighted by molar-refractivity contribution is 6.00. The van der Waals surface area contributed by atoms with Crippen LogP contribution in [0.2, 0.25) is 0 Å². The van der Waals surface area contributed by atoms with Gasteiger partial charge in [-0.25, -0.2) is 4.68 Å². The molecule has 2 N–H and O–H groups in total. The van der Waals surface area contributed by atoms with Gasteiger partial charge in [-0.05, 0) is 43.2 Å². The Balaban J connectivity index is 1.69. The number of nitrogens with one attached hydrogen (secondary N) is 1. The lowest BCUT2D eigenvalue weighted by atomic mass is 10.0. The fourth-order valence-corrected chi connectivity index (χ4v) is 3.95. The number of hydrogen-bond donors (Lipinski definition) is 2. The van der Waals surface area contributed by atoms with Gasteiger partial charge in [0, 0.05) is 11.8 Å². The highest BCUT2D eigenvalue weighted by atomic mass is 16.3. The van der Waals surface area contributed by atoms with Gasteiger partial charge >= 0.3 is 0 Å². The number of hydrogen-bond acceptors (Lipinski definition) is 3. The number of carbonyl (C=O) groups is 1. The van der Waals surface area contributed by atoms with Crippen LogP contribution in [0, 0.1) is 13.8 Å². The number of benzene rings is 2. The number of aryl methyl sites for hydroxylation is 2. The van der Waals surface area contributed by atoms with Crippen molar-refractivity contribution in [1.29, 1.82) is 0 Å². The highest BCUT2D eigenvalue weighted by Crippen LogP contribution is 2.27. The van der Waals surface area contributed by atoms with Crippen LogP contribution >= 0.6 is 0 Å². The zero-order chi connectivity index (χ0) is 21.1. The molecule has 1 aliphatic heterocycles. The zero-order valence-corrected chi connectivity index (χ0v) is 17.6. The number of quaternary nitrogens is 1. The Morgan fingerprint density at radius 1 is 1.07 bits per heavy atom. The van der Waals surface area contributed by atoms with Crippen molar-refractivity contribution in [2.45, 2.75) is 13.8 Å². The summed E-state index contributed by atoms with van der Waals surface area (Å²) in [4.78, 5) is 16.7. The third-order valence-corrected chi connectivity index (χ3v) is 5.97. The van der Waals surface area contributed by atoms with Crippen LogP contribution in [0.5, 0.6) is 0 Å². The number of carbonyl (C=O) groups excluding carboxylic acids is 1. The van der Waals surface area contributed by atoms with Gasteiger partial charge in [0.1, 0.15) is 12.2 Å². The summed E-state index contributed by atoms with van der Waals surface area (Å²) in [5, 5.41) is 14.0. The van der Waals surface area contributed by atoms with E-state index >= 15 is 0 Å². The van der Waals surface area contributed by atoms with Crippen LogP contribution in [-0.2, 0) is 0 Å². The maximum Gasteiger partial charge on any atom is 0.258 e. The molecule has 0 saturated carbocycles. The van der Waals surface area contributed by atoms with E-state index < -0.39 is 0 Å². The molecule has 0 radical (unpaired) electrons. The third-order valence-electron chi connectivity index (χ3n) is 5.97. The van der Waals surface area contributed by atoms with E-state index in [1.165, 1.54) is 16.0 Å². The molecule has 30 heavy (non-hydrogen) atoms. The van der Waals surface area contributed by atoms with Gasteiger partial charge in [0.2, 0.25) is 0 Å². The van der Waals surface area contributed by atoms with E-state index in [9.17, 15) is 9.90 Å². The van der Waals surface area contributed by atoms with Crippen molar-refractivity contribution in [3.05, 3.63) is 71.4 Å². The molecule has 6 heteroatoms. The summed E-state index contributed by atoms with van der Waals surface area (Å²) in [7, 11) is 0. The fourth-order valence-electron chi connectivity index (χ4n) is 3.95. The van der Waals surface area contributed by atoms with Crippen molar-refractivity contribution in [3.8, 4) is 16.9 Å². The Morgan fingerprint density at radius 3 is 2.47 bits per heavy atom. The molecule has 0 bridgehead atoms. The molecule has 2 heterocycles. The fraction of sp³-hybridized carbons (Fsp3) is 0.333. The van der Waals surface area contributed by atoms with Crippen LogP contribution in [0.3, 0.4) is 0 Å². The van der Waals surface area contributed by atoms with E-state index in [1.807, 2.05) is 47.5 Å². The maximum atomic E-state index is 13.5. The predicted octanol–water partition coefficient (Wildman–Crippen LogP) is 1.49. The second-order valence-electron chi connectivity index (χ2n) is 7.99. The first kappa shape index (κ1) is 20.3. The van der Waals surface area contributed by atoms with Gasteiger partial charge in [0.15, 0.2) is 0 Å². The van der Waals surface area contributed by atoms with E-state index in [2.05, 4.69) is 26.0 Å². The van der Waals surface area contributed by atoms with Crippen molar-refractivity contribution in [1.82, 2.24) is 14.7 Å². The Labute approximate surface area is 177 Å². The van der Waals surface area contributed by atoms with Gasteiger partial charge in [0.25, 0.3) is 5.91 Å². The van der Waals surface area contributed by atoms with Crippen molar-refractivity contribution >= 4 is 5.91 Å². The quantitative estimate of drug-likeness (QED) is 0.676. The van der Waals surface area contributed by atoms with Gasteiger partial charge < -0.3 is 14.9 Å². The Bertz CT molecular complexity index is 1020. The molecular formula is C24H29N4O2+. The largest absolute Gasteiger partial charge is 0.391 e. The molecule has 0 atom stereocenters. The number of rotatable bonds is 5. The number of piperazine rings is 1. The number of aliphatic hydroxyl groups excluding tert-OH is 1. The van der Waals surface area contributed by atoms with E-state index in [0.717, 1.165) is 36.6 Å². The summed E-state index contributed by atoms with van der Waals surface area (Å²) >= 11 is 0. The normalized spacial score (nSPS) is 14.8. The van der Waals surface area contributed by atoms with Crippen LogP contribution < -0.4 is 4.90 Å². The number of amides is 1. The molecule has 0 unspecified atom stereocenters. The molecule has 0 aliphatic carbocycles. The minimum Gasteiger partial charge on any atom is -0.391 e. The predicted molar refractivity (Wildman–Crippen MR) is 117 cm³/mol. The van der Waals surface area contributed by atoms with E-state index in [4.69, 9.17) is 5.10 Å². The third kappa shape index (κ3) is 4.15. The minimum atomic E-state index is 0.0217. The van der Waals surface area contributed by atoms with Crippen LogP contribution in [0.25, 0.3) is 16.9 Å². The van der Waals surface area contributed by atoms with Crippen LogP contribution in [0.15, 0.2) is 54.7 Å². The molecule has 4 rings (SSSR count). The lowest BCUT2D eigenvalue weighted by Crippen LogP contribution is -3.15. The van der Waals surface area contributed by atoms with E-state index in [-0.39, 0.29) is 12.5 Å². The average Bonchev–Trinajstić information content (AvgIpc) is 3.22. The Hall–Kier alpha value is -2.96. The molecule has 0 spiro atoms. The topological polar surface area (TPSA) is 62.8 Å². The van der Waals surface area contributed by atoms with Crippen LogP contribution in [0.1, 0.15) is 21.5 Å². The van der Waals surface area contributed by atoms with E-state index in [1.54, 1.807) is 4.68 Å². The summed E-state index contributed by atoms with van der Waals surface area (Å²) in [6, 6.07) is 16.1. The lowest BCUT2D eigenvalue weighted by Gasteiger charge is -2.31. The van der Waals surface area contributed by atoms with Gasteiger partial charge in [-0.2, -0.15) is 5.10 Å². The molecule has 6 nitrogen and oxygen atoms in total. The number of para-hydroxylation sites is 1. The van der Waals surface area contributed by atoms with Crippen molar-refractivity contribution in [2.24, 2.45) is 0 Å². The highest BCUT2D eigenvalue weighted by Gasteiger charge is 2.28. The SMILES string of the molecule is Cc1ccc(-c2nn(-c3ccccc3)cc2C(=O)N2CC[NH+](CCO)CC2)cc1C. The second-order valence-corrected chi connectivity index (χ2v) is 7.99. The number of aromatic nitrogens is 2. The maximum absolute atomic E-state index is 13.5. The minimum absolute atomic E-state index is 0.0217. The molecule has 1 aromatic heterocycles. The van der Waals surface area contributed by atoms with Crippen molar-refractivity contribution < 1.29 is 14.8 Å². The van der Waals surface area contributed by atoms with Gasteiger partial charge in [-0.15, -0.1) is 0 Å². The molecular weight excluding hydrogens is 376 g/mol. The van der Waals surface area contributed by atoms with E-state index in [0.29, 0.717) is 18.7 Å². The smallest absolute Gasteiger partial charge is 0.258 e. The molecule has 1 saturated heterocycles. The van der Waals surface area contributed by atoms with Crippen LogP contribution in [0.4, 0.5) is 0 Å². The molecule has 1 amide bonds. The van der Waals surface area contributed by atoms with Crippen molar-refractivity contribution in [2.75, 3.05) is 39.3 Å². The molecule has 1 fully saturated rings. The van der Waals surface area contributed by atoms with Gasteiger partial charge in [0.05, 0.1) is 44.0 Å². The van der Waals surface area contributed by atoms with Crippen molar-refractivity contribution in [3.63, 3.8) is 0 Å². The summed E-state index contributed by atoms with van der Waals surface area (Å²) in [6.45, 7) is 8.19.